The molecule has 0 radical (unpaired) electrons. The second-order valence-electron chi connectivity index (χ2n) is 7.09. The fourth-order valence-corrected chi connectivity index (χ4v) is 4.78. The van der Waals surface area contributed by atoms with Crippen LogP contribution in [0.15, 0.2) is 52.3 Å². The molecule has 1 N–H and O–H groups in total. The van der Waals surface area contributed by atoms with Crippen LogP contribution in [0, 0.1) is 5.92 Å². The van der Waals surface area contributed by atoms with Crippen molar-refractivity contribution in [1.82, 2.24) is 0 Å². The maximum Gasteiger partial charge on any atom is 0.387 e. The first-order chi connectivity index (χ1) is 14.3. The maximum atomic E-state index is 13.0. The topological polar surface area (TPSA) is 47.6 Å². The lowest BCUT2D eigenvalue weighted by molar-refractivity contribution is -0.118. The summed E-state index contributed by atoms with van der Waals surface area (Å²) >= 11 is 5.00. The Morgan fingerprint density at radius 2 is 2.00 bits per heavy atom. The Hall–Kier alpha value is -2.45. The monoisotopic (exact) mass is 493 g/mol. The van der Waals surface area contributed by atoms with Crippen molar-refractivity contribution in [1.29, 1.82) is 0 Å². The molecule has 1 atom stereocenters. The van der Waals surface area contributed by atoms with Crippen LogP contribution in [-0.4, -0.2) is 12.5 Å². The third-order valence-corrected chi connectivity index (χ3v) is 6.36. The molecule has 156 valence electrons. The highest BCUT2D eigenvalue weighted by Crippen LogP contribution is 2.50. The van der Waals surface area contributed by atoms with Crippen LogP contribution in [0.2, 0.25) is 0 Å². The van der Waals surface area contributed by atoms with Crippen LogP contribution in [-0.2, 0) is 4.79 Å². The predicted octanol–water partition coefficient (Wildman–Crippen LogP) is 6.86. The molecule has 1 aliphatic heterocycles. The number of rotatable bonds is 5. The summed E-state index contributed by atoms with van der Waals surface area (Å²) in [6.07, 6.45) is -0.443. The van der Waals surface area contributed by atoms with Crippen molar-refractivity contribution in [3.63, 3.8) is 0 Å². The predicted molar refractivity (Wildman–Crippen MR) is 116 cm³/mol. The van der Waals surface area contributed by atoms with Crippen LogP contribution in [0.1, 0.15) is 30.4 Å². The van der Waals surface area contributed by atoms with Crippen molar-refractivity contribution >= 4 is 38.9 Å². The summed E-state index contributed by atoms with van der Waals surface area (Å²) in [5, 5.41) is 2.89. The molecular weight excluding hydrogens is 476 g/mol. The lowest BCUT2D eigenvalue weighted by Gasteiger charge is -2.30. The molecule has 4 rings (SSSR count). The highest BCUT2D eigenvalue weighted by atomic mass is 79.9. The molecule has 0 spiro atoms. The number of amides is 1. The van der Waals surface area contributed by atoms with E-state index in [1.54, 1.807) is 24.3 Å². The highest BCUT2D eigenvalue weighted by molar-refractivity contribution is 9.11. The summed E-state index contributed by atoms with van der Waals surface area (Å²) < 4.78 is 37.9. The van der Waals surface area contributed by atoms with Crippen molar-refractivity contribution < 1.29 is 23.0 Å². The number of carbonyl (C=O) groups is 1. The van der Waals surface area contributed by atoms with Gasteiger partial charge in [-0.1, -0.05) is 26.0 Å². The van der Waals surface area contributed by atoms with Gasteiger partial charge in [-0.2, -0.15) is 8.78 Å². The van der Waals surface area contributed by atoms with E-state index in [0.29, 0.717) is 17.0 Å². The smallest absolute Gasteiger partial charge is 0.387 e. The largest absolute Gasteiger partial charge is 0.479 e. The number of benzene rings is 2. The highest BCUT2D eigenvalue weighted by Gasteiger charge is 2.31. The van der Waals surface area contributed by atoms with Gasteiger partial charge in [-0.15, -0.1) is 11.3 Å². The maximum absolute atomic E-state index is 13.0. The Balaban J connectivity index is 1.85. The lowest BCUT2D eigenvalue weighted by atomic mass is 9.91. The van der Waals surface area contributed by atoms with Crippen LogP contribution < -0.4 is 14.8 Å². The molecule has 30 heavy (non-hydrogen) atoms. The summed E-state index contributed by atoms with van der Waals surface area (Å²) in [6.45, 7) is 0.676. The van der Waals surface area contributed by atoms with Gasteiger partial charge in [-0.25, -0.2) is 0 Å². The number of hydrogen-bond donors (Lipinski definition) is 1. The molecule has 0 fully saturated rings. The van der Waals surface area contributed by atoms with E-state index in [9.17, 15) is 13.6 Å². The zero-order valence-corrected chi connectivity index (χ0v) is 18.5. The third-order valence-electron chi connectivity index (χ3n) is 4.70. The van der Waals surface area contributed by atoms with E-state index in [0.717, 1.165) is 19.8 Å². The first-order valence-corrected chi connectivity index (χ1v) is 10.9. The number of thiophene rings is 1. The fraction of sp³-hybridized carbons (Fsp3) is 0.227. The molecule has 1 aromatic heterocycles. The molecule has 0 bridgehead atoms. The van der Waals surface area contributed by atoms with Crippen LogP contribution in [0.25, 0.3) is 11.1 Å². The molecule has 8 heteroatoms. The van der Waals surface area contributed by atoms with Crippen LogP contribution in [0.4, 0.5) is 14.5 Å². The Morgan fingerprint density at radius 3 is 2.67 bits per heavy atom. The van der Waals surface area contributed by atoms with E-state index in [4.69, 9.17) is 9.47 Å². The van der Waals surface area contributed by atoms with Crippen LogP contribution in [0.3, 0.4) is 0 Å². The summed E-state index contributed by atoms with van der Waals surface area (Å²) in [6, 6.07) is 14.1. The third kappa shape index (κ3) is 4.06. The number of anilines is 1. The Labute approximate surface area is 185 Å². The van der Waals surface area contributed by atoms with Gasteiger partial charge in [0.2, 0.25) is 5.91 Å². The average molecular weight is 494 g/mol. The molecule has 1 unspecified atom stereocenters. The van der Waals surface area contributed by atoms with Gasteiger partial charge in [0.25, 0.3) is 0 Å². The number of hydrogen-bond acceptors (Lipinski definition) is 4. The van der Waals surface area contributed by atoms with Gasteiger partial charge in [0.15, 0.2) is 6.10 Å². The number of carbonyl (C=O) groups excluding carboxylic acids is 1. The summed E-state index contributed by atoms with van der Waals surface area (Å²) in [5.41, 5.74) is 2.59. The van der Waals surface area contributed by atoms with Crippen LogP contribution in [0.5, 0.6) is 11.5 Å². The van der Waals surface area contributed by atoms with Gasteiger partial charge >= 0.3 is 6.61 Å². The molecule has 0 saturated heterocycles. The first kappa shape index (κ1) is 20.8. The van der Waals surface area contributed by atoms with Gasteiger partial charge in [0.05, 0.1) is 14.2 Å². The zero-order chi connectivity index (χ0) is 21.4. The van der Waals surface area contributed by atoms with Gasteiger partial charge in [0.1, 0.15) is 11.5 Å². The van der Waals surface area contributed by atoms with E-state index in [2.05, 4.69) is 21.2 Å². The standard InChI is InChI=1S/C22H18BrF2NO3S/c1-11(2)21(27)26-12-6-7-13-14(10-12)20(17-8-9-18(23)30-17)28-15-4-3-5-16(19(13)15)29-22(24)25/h3-11,20,22H,1-2H3,(H,26,27). The van der Waals surface area contributed by atoms with E-state index < -0.39 is 12.7 Å². The van der Waals surface area contributed by atoms with Gasteiger partial charge in [0, 0.05) is 17.2 Å². The van der Waals surface area contributed by atoms with Crippen molar-refractivity contribution in [3.05, 3.63) is 62.8 Å². The normalized spacial score (nSPS) is 14.8. The van der Waals surface area contributed by atoms with Gasteiger partial charge in [-0.05, 0) is 57.9 Å². The van der Waals surface area contributed by atoms with E-state index >= 15 is 0 Å². The average Bonchev–Trinajstić information content (AvgIpc) is 3.13. The molecule has 4 nitrogen and oxygen atoms in total. The minimum atomic E-state index is -2.95. The molecule has 3 aromatic rings. The molecule has 2 heterocycles. The first-order valence-electron chi connectivity index (χ1n) is 9.28. The molecular formula is C22H18BrF2NO3S. The quantitative estimate of drug-likeness (QED) is 0.422. The summed E-state index contributed by atoms with van der Waals surface area (Å²) in [7, 11) is 0. The van der Waals surface area contributed by atoms with Crippen molar-refractivity contribution in [3.8, 4) is 22.6 Å². The fourth-order valence-electron chi connectivity index (χ4n) is 3.31. The number of ether oxygens (including phenoxy) is 2. The Kier molecular flexibility index (Phi) is 5.79. The second-order valence-corrected chi connectivity index (χ2v) is 9.59. The van der Waals surface area contributed by atoms with Crippen molar-refractivity contribution in [2.75, 3.05) is 5.32 Å². The number of alkyl halides is 2. The number of fused-ring (bicyclic) bond motifs is 3. The molecule has 1 amide bonds. The Bertz CT molecular complexity index is 1100. The van der Waals surface area contributed by atoms with Gasteiger partial charge in [-0.3, -0.25) is 4.79 Å². The van der Waals surface area contributed by atoms with Crippen molar-refractivity contribution in [2.24, 2.45) is 5.92 Å². The van der Waals surface area contributed by atoms with E-state index in [1.807, 2.05) is 32.0 Å². The Morgan fingerprint density at radius 1 is 1.20 bits per heavy atom. The van der Waals surface area contributed by atoms with Crippen molar-refractivity contribution in [2.45, 2.75) is 26.6 Å². The van der Waals surface area contributed by atoms with E-state index in [-0.39, 0.29) is 17.6 Å². The number of halogens is 3. The zero-order valence-electron chi connectivity index (χ0n) is 16.1. The summed E-state index contributed by atoms with van der Waals surface area (Å²) in [5.74, 6) is 0.236. The minimum absolute atomic E-state index is 0.0496. The SMILES string of the molecule is CC(C)C(=O)Nc1ccc2c(c1)C(c1ccc(Br)s1)Oc1cccc(OC(F)F)c1-2. The molecule has 0 aliphatic carbocycles. The molecule has 0 saturated carbocycles. The lowest BCUT2D eigenvalue weighted by Crippen LogP contribution is -2.19. The molecule has 2 aromatic carbocycles. The second kappa shape index (κ2) is 8.35. The molecule has 1 aliphatic rings. The summed E-state index contributed by atoms with van der Waals surface area (Å²) in [4.78, 5) is 13.1. The minimum Gasteiger partial charge on any atom is -0.479 e. The van der Waals surface area contributed by atoms with E-state index in [1.165, 1.54) is 17.4 Å². The van der Waals surface area contributed by atoms with Crippen LogP contribution >= 0.6 is 27.3 Å². The van der Waals surface area contributed by atoms with Gasteiger partial charge < -0.3 is 14.8 Å². The number of nitrogens with one attached hydrogen (secondary N) is 1.